The van der Waals surface area contributed by atoms with Gasteiger partial charge in [0, 0.05) is 38.2 Å². The lowest BCUT2D eigenvalue weighted by Crippen LogP contribution is -2.47. The Labute approximate surface area is 180 Å². The molecule has 0 saturated carbocycles. The van der Waals surface area contributed by atoms with E-state index in [4.69, 9.17) is 39.5 Å². The first kappa shape index (κ1) is 21.5. The molecule has 2 heterocycles. The summed E-state index contributed by atoms with van der Waals surface area (Å²) in [5.41, 5.74) is 0. The van der Waals surface area contributed by atoms with Gasteiger partial charge in [0.25, 0.3) is 5.91 Å². The predicted octanol–water partition coefficient (Wildman–Crippen LogP) is 4.52. The second-order valence-corrected chi connectivity index (χ2v) is 8.87. The summed E-state index contributed by atoms with van der Waals surface area (Å²) in [6.45, 7) is 4.96. The first-order chi connectivity index (χ1) is 13.3. The quantitative estimate of drug-likeness (QED) is 0.638. The van der Waals surface area contributed by atoms with Gasteiger partial charge in [-0.15, -0.1) is 0 Å². The number of carbonyl (C=O) groups excluding carboxylic acids is 2. The molecule has 1 aromatic rings. The zero-order chi connectivity index (χ0) is 20.3. The molecule has 2 aliphatic heterocycles. The van der Waals surface area contributed by atoms with Crippen LogP contribution >= 0.6 is 34.8 Å². The second kappa shape index (κ2) is 9.55. The largest absolute Gasteiger partial charge is 0.482 e. The molecule has 8 heteroatoms. The lowest BCUT2D eigenvalue weighted by molar-refractivity contribution is -0.142. The molecule has 0 aromatic heterocycles. The Morgan fingerprint density at radius 1 is 0.929 bits per heavy atom. The van der Waals surface area contributed by atoms with Gasteiger partial charge in [-0.25, -0.2) is 0 Å². The standard InChI is InChI=1S/C20H25Cl3N2O3/c1-13-2-6-25(7-3-13)20(27)14-4-8-24(9-5-14)19(26)12-28-18-11-16(22)15(21)10-17(18)23/h10-11,13-14H,2-9,12H2,1H3. The molecule has 28 heavy (non-hydrogen) atoms. The molecule has 0 atom stereocenters. The summed E-state index contributed by atoms with van der Waals surface area (Å²) in [7, 11) is 0. The first-order valence-corrected chi connectivity index (χ1v) is 10.8. The van der Waals surface area contributed by atoms with Crippen molar-refractivity contribution in [3.05, 3.63) is 27.2 Å². The fourth-order valence-corrected chi connectivity index (χ4v) is 4.30. The van der Waals surface area contributed by atoms with Crippen molar-refractivity contribution in [3.8, 4) is 5.75 Å². The van der Waals surface area contributed by atoms with Crippen molar-refractivity contribution in [3.63, 3.8) is 0 Å². The van der Waals surface area contributed by atoms with Gasteiger partial charge in [-0.2, -0.15) is 0 Å². The number of rotatable bonds is 4. The molecule has 154 valence electrons. The number of nitrogens with zero attached hydrogens (tertiary/aromatic N) is 2. The highest BCUT2D eigenvalue weighted by Crippen LogP contribution is 2.34. The fraction of sp³-hybridized carbons (Fsp3) is 0.600. The lowest BCUT2D eigenvalue weighted by Gasteiger charge is -2.36. The summed E-state index contributed by atoms with van der Waals surface area (Å²) in [6.07, 6.45) is 3.56. The molecule has 0 unspecified atom stereocenters. The zero-order valence-corrected chi connectivity index (χ0v) is 18.2. The zero-order valence-electron chi connectivity index (χ0n) is 15.9. The molecule has 0 bridgehead atoms. The first-order valence-electron chi connectivity index (χ1n) is 9.69. The Morgan fingerprint density at radius 2 is 1.50 bits per heavy atom. The minimum absolute atomic E-state index is 0.0166. The van der Waals surface area contributed by atoms with E-state index in [9.17, 15) is 9.59 Å². The fourth-order valence-electron chi connectivity index (χ4n) is 3.71. The van der Waals surface area contributed by atoms with Gasteiger partial charge in [-0.3, -0.25) is 9.59 Å². The highest BCUT2D eigenvalue weighted by molar-refractivity contribution is 6.43. The number of benzene rings is 1. The summed E-state index contributed by atoms with van der Waals surface area (Å²) >= 11 is 17.9. The van der Waals surface area contributed by atoms with Gasteiger partial charge in [0.05, 0.1) is 15.1 Å². The number of hydrogen-bond acceptors (Lipinski definition) is 3. The molecule has 5 nitrogen and oxygen atoms in total. The van der Waals surface area contributed by atoms with Crippen molar-refractivity contribution in [1.29, 1.82) is 0 Å². The molecule has 0 spiro atoms. The van der Waals surface area contributed by atoms with Crippen LogP contribution in [0.2, 0.25) is 15.1 Å². The predicted molar refractivity (Wildman–Crippen MR) is 111 cm³/mol. The molecule has 1 aromatic carbocycles. The maximum Gasteiger partial charge on any atom is 0.260 e. The monoisotopic (exact) mass is 446 g/mol. The average Bonchev–Trinajstić information content (AvgIpc) is 2.69. The van der Waals surface area contributed by atoms with E-state index in [0.717, 1.165) is 25.9 Å². The molecule has 2 fully saturated rings. The van der Waals surface area contributed by atoms with Crippen LogP contribution in [-0.2, 0) is 9.59 Å². The van der Waals surface area contributed by atoms with Gasteiger partial charge in [0.2, 0.25) is 5.91 Å². The van der Waals surface area contributed by atoms with E-state index >= 15 is 0 Å². The molecule has 0 N–H and O–H groups in total. The molecule has 2 aliphatic rings. The number of halogens is 3. The molecule has 0 aliphatic carbocycles. The van der Waals surface area contributed by atoms with Gasteiger partial charge < -0.3 is 14.5 Å². The van der Waals surface area contributed by atoms with Crippen LogP contribution in [0.4, 0.5) is 0 Å². The van der Waals surface area contributed by atoms with Gasteiger partial charge in [0.1, 0.15) is 5.75 Å². The van der Waals surface area contributed by atoms with Crippen LogP contribution in [0, 0.1) is 11.8 Å². The van der Waals surface area contributed by atoms with Crippen LogP contribution in [0.15, 0.2) is 12.1 Å². The normalized spacial score (nSPS) is 19.0. The number of likely N-dealkylation sites (tertiary alicyclic amines) is 2. The third-order valence-corrected chi connectivity index (χ3v) is 6.64. The lowest BCUT2D eigenvalue weighted by atomic mass is 9.92. The van der Waals surface area contributed by atoms with Crippen LogP contribution in [0.25, 0.3) is 0 Å². The number of amides is 2. The maximum atomic E-state index is 12.7. The summed E-state index contributed by atoms with van der Waals surface area (Å²) in [6, 6.07) is 2.99. The summed E-state index contributed by atoms with van der Waals surface area (Å²) in [4.78, 5) is 28.9. The molecular formula is C20H25Cl3N2O3. The molecular weight excluding hydrogens is 423 g/mol. The van der Waals surface area contributed by atoms with Crippen LogP contribution in [-0.4, -0.2) is 54.4 Å². The SMILES string of the molecule is CC1CCN(C(=O)C2CCN(C(=O)COc3cc(Cl)c(Cl)cc3Cl)CC2)CC1. The Bertz CT molecular complexity index is 728. The van der Waals surface area contributed by atoms with Gasteiger partial charge in [-0.05, 0) is 37.7 Å². The van der Waals surface area contributed by atoms with Crippen molar-refractivity contribution in [2.45, 2.75) is 32.6 Å². The third-order valence-electron chi connectivity index (χ3n) is 5.62. The van der Waals surface area contributed by atoms with E-state index in [2.05, 4.69) is 6.92 Å². The number of ether oxygens (including phenoxy) is 1. The second-order valence-electron chi connectivity index (χ2n) is 7.65. The van der Waals surface area contributed by atoms with E-state index < -0.39 is 0 Å². The Morgan fingerprint density at radius 3 is 2.14 bits per heavy atom. The molecule has 2 saturated heterocycles. The van der Waals surface area contributed by atoms with E-state index in [1.807, 2.05) is 4.90 Å². The number of piperidine rings is 2. The molecule has 3 rings (SSSR count). The van der Waals surface area contributed by atoms with Crippen LogP contribution in [0.3, 0.4) is 0 Å². The van der Waals surface area contributed by atoms with Crippen LogP contribution < -0.4 is 4.74 Å². The summed E-state index contributed by atoms with van der Waals surface area (Å²) in [5, 5.41) is 0.961. The summed E-state index contributed by atoms with van der Waals surface area (Å²) < 4.78 is 5.53. The minimum Gasteiger partial charge on any atom is -0.482 e. The van der Waals surface area contributed by atoms with Crippen LogP contribution in [0.1, 0.15) is 32.6 Å². The maximum absolute atomic E-state index is 12.7. The van der Waals surface area contributed by atoms with Gasteiger partial charge in [0.15, 0.2) is 6.61 Å². The third kappa shape index (κ3) is 5.25. The van der Waals surface area contributed by atoms with Gasteiger partial charge in [-0.1, -0.05) is 41.7 Å². The van der Waals surface area contributed by atoms with E-state index in [-0.39, 0.29) is 24.3 Å². The van der Waals surface area contributed by atoms with Crippen molar-refractivity contribution in [1.82, 2.24) is 9.80 Å². The Balaban J connectivity index is 1.46. The molecule has 2 amide bonds. The van der Waals surface area contributed by atoms with Crippen molar-refractivity contribution < 1.29 is 14.3 Å². The number of hydrogen-bond donors (Lipinski definition) is 0. The highest BCUT2D eigenvalue weighted by atomic mass is 35.5. The highest BCUT2D eigenvalue weighted by Gasteiger charge is 2.31. The van der Waals surface area contributed by atoms with E-state index in [1.165, 1.54) is 12.1 Å². The van der Waals surface area contributed by atoms with Gasteiger partial charge >= 0.3 is 0 Å². The number of carbonyl (C=O) groups is 2. The van der Waals surface area contributed by atoms with Crippen molar-refractivity contribution in [2.24, 2.45) is 11.8 Å². The van der Waals surface area contributed by atoms with Crippen molar-refractivity contribution >= 4 is 46.6 Å². The van der Waals surface area contributed by atoms with Crippen LogP contribution in [0.5, 0.6) is 5.75 Å². The van der Waals surface area contributed by atoms with E-state index in [1.54, 1.807) is 4.90 Å². The van der Waals surface area contributed by atoms with Crippen molar-refractivity contribution in [2.75, 3.05) is 32.8 Å². The Hall–Kier alpha value is -1.17. The Kier molecular flexibility index (Phi) is 7.35. The minimum atomic E-state index is -0.125. The average molecular weight is 448 g/mol. The summed E-state index contributed by atoms with van der Waals surface area (Å²) in [5.74, 6) is 1.17. The van der Waals surface area contributed by atoms with E-state index in [0.29, 0.717) is 52.7 Å². The molecule has 0 radical (unpaired) electrons. The topological polar surface area (TPSA) is 49.9 Å². The smallest absolute Gasteiger partial charge is 0.260 e.